The van der Waals surface area contributed by atoms with Gasteiger partial charge in [0.15, 0.2) is 0 Å². The van der Waals surface area contributed by atoms with E-state index in [-0.39, 0.29) is 0 Å². The van der Waals surface area contributed by atoms with Crippen LogP contribution in [0.3, 0.4) is 0 Å². The SMILES string of the molecule is CNCC1CCN(C2CC2)C1c1ccc(Cl)cc1. The lowest BCUT2D eigenvalue weighted by molar-refractivity contribution is 0.217. The summed E-state index contributed by atoms with van der Waals surface area (Å²) in [6, 6.07) is 9.88. The van der Waals surface area contributed by atoms with Gasteiger partial charge in [-0.25, -0.2) is 0 Å². The first-order valence-corrected chi connectivity index (χ1v) is 7.33. The second-order valence-electron chi connectivity index (χ2n) is 5.57. The van der Waals surface area contributed by atoms with Crippen LogP contribution in [0.4, 0.5) is 0 Å². The Kier molecular flexibility index (Phi) is 3.60. The second kappa shape index (κ2) is 5.20. The second-order valence-corrected chi connectivity index (χ2v) is 6.01. The summed E-state index contributed by atoms with van der Waals surface area (Å²) in [5, 5.41) is 4.18. The largest absolute Gasteiger partial charge is 0.319 e. The molecule has 2 aliphatic rings. The number of hydrogen-bond donors (Lipinski definition) is 1. The summed E-state index contributed by atoms with van der Waals surface area (Å²) < 4.78 is 0. The number of likely N-dealkylation sites (tertiary alicyclic amines) is 1. The van der Waals surface area contributed by atoms with E-state index in [4.69, 9.17) is 11.6 Å². The molecule has 2 fully saturated rings. The van der Waals surface area contributed by atoms with Crippen LogP contribution in [0.5, 0.6) is 0 Å². The van der Waals surface area contributed by atoms with Crippen molar-refractivity contribution in [3.8, 4) is 0 Å². The first-order valence-electron chi connectivity index (χ1n) is 6.95. The van der Waals surface area contributed by atoms with Gasteiger partial charge in [0.05, 0.1) is 0 Å². The normalized spacial score (nSPS) is 28.8. The van der Waals surface area contributed by atoms with Gasteiger partial charge in [0.1, 0.15) is 0 Å². The Morgan fingerprint density at radius 1 is 1.22 bits per heavy atom. The fraction of sp³-hybridized carbons (Fsp3) is 0.600. The highest BCUT2D eigenvalue weighted by atomic mass is 35.5. The van der Waals surface area contributed by atoms with Gasteiger partial charge in [-0.1, -0.05) is 23.7 Å². The van der Waals surface area contributed by atoms with Crippen LogP contribution in [0.25, 0.3) is 0 Å². The van der Waals surface area contributed by atoms with Gasteiger partial charge in [0.25, 0.3) is 0 Å². The highest BCUT2D eigenvalue weighted by Crippen LogP contribution is 2.43. The van der Waals surface area contributed by atoms with Gasteiger partial charge in [-0.2, -0.15) is 0 Å². The average molecular weight is 265 g/mol. The Balaban J connectivity index is 1.84. The third-order valence-electron chi connectivity index (χ3n) is 4.26. The molecule has 1 aromatic rings. The van der Waals surface area contributed by atoms with Crippen molar-refractivity contribution < 1.29 is 0 Å². The quantitative estimate of drug-likeness (QED) is 0.899. The minimum absolute atomic E-state index is 0.585. The van der Waals surface area contributed by atoms with E-state index < -0.39 is 0 Å². The minimum Gasteiger partial charge on any atom is -0.319 e. The third kappa shape index (κ3) is 2.42. The summed E-state index contributed by atoms with van der Waals surface area (Å²) in [7, 11) is 2.05. The number of nitrogens with zero attached hydrogens (tertiary/aromatic N) is 1. The monoisotopic (exact) mass is 264 g/mol. The number of rotatable bonds is 4. The molecule has 0 bridgehead atoms. The first kappa shape index (κ1) is 12.5. The molecule has 1 saturated carbocycles. The molecule has 1 aliphatic carbocycles. The van der Waals surface area contributed by atoms with Gasteiger partial charge in [0.2, 0.25) is 0 Å². The lowest BCUT2D eigenvalue weighted by Crippen LogP contribution is -2.30. The predicted octanol–water partition coefficient (Wildman–Crippen LogP) is 3.08. The first-order chi connectivity index (χ1) is 8.79. The van der Waals surface area contributed by atoms with Crippen LogP contribution >= 0.6 is 11.6 Å². The van der Waals surface area contributed by atoms with Crippen LogP contribution in [0, 0.1) is 5.92 Å². The summed E-state index contributed by atoms with van der Waals surface area (Å²) in [4.78, 5) is 2.71. The molecule has 1 saturated heterocycles. The lowest BCUT2D eigenvalue weighted by Gasteiger charge is -2.28. The van der Waals surface area contributed by atoms with E-state index >= 15 is 0 Å². The molecule has 2 unspecified atom stereocenters. The Bertz CT molecular complexity index is 399. The number of hydrogen-bond acceptors (Lipinski definition) is 2. The molecule has 1 aromatic carbocycles. The van der Waals surface area contributed by atoms with Crippen LogP contribution in [0.2, 0.25) is 5.02 Å². The van der Waals surface area contributed by atoms with E-state index in [1.807, 2.05) is 12.1 Å². The standard InChI is InChI=1S/C15H21ClN2/c1-17-10-12-8-9-18(14-6-7-14)15(12)11-2-4-13(16)5-3-11/h2-5,12,14-15,17H,6-10H2,1H3. The fourth-order valence-electron chi connectivity index (χ4n) is 3.30. The maximum atomic E-state index is 6.00. The van der Waals surface area contributed by atoms with Gasteiger partial charge in [-0.15, -0.1) is 0 Å². The van der Waals surface area contributed by atoms with E-state index in [1.165, 1.54) is 31.4 Å². The number of halogens is 1. The maximum Gasteiger partial charge on any atom is 0.0406 e. The molecule has 98 valence electrons. The molecule has 2 nitrogen and oxygen atoms in total. The third-order valence-corrected chi connectivity index (χ3v) is 4.51. The van der Waals surface area contributed by atoms with E-state index in [2.05, 4.69) is 29.4 Å². The zero-order chi connectivity index (χ0) is 12.5. The van der Waals surface area contributed by atoms with Crippen molar-refractivity contribution in [2.24, 2.45) is 5.92 Å². The average Bonchev–Trinajstić information content (AvgIpc) is 3.13. The summed E-state index contributed by atoms with van der Waals surface area (Å²) in [5.41, 5.74) is 1.43. The van der Waals surface area contributed by atoms with E-state index in [0.717, 1.165) is 23.5 Å². The molecule has 3 rings (SSSR count). The van der Waals surface area contributed by atoms with Crippen molar-refractivity contribution in [2.75, 3.05) is 20.1 Å². The number of nitrogens with one attached hydrogen (secondary N) is 1. The van der Waals surface area contributed by atoms with Gasteiger partial charge < -0.3 is 5.32 Å². The maximum absolute atomic E-state index is 6.00. The molecule has 1 heterocycles. The van der Waals surface area contributed by atoms with E-state index in [9.17, 15) is 0 Å². The molecule has 18 heavy (non-hydrogen) atoms. The van der Waals surface area contributed by atoms with Crippen molar-refractivity contribution >= 4 is 11.6 Å². The number of benzene rings is 1. The minimum atomic E-state index is 0.585. The van der Waals surface area contributed by atoms with Crippen LogP contribution in [0.1, 0.15) is 30.9 Å². The Hall–Kier alpha value is -0.570. The highest BCUT2D eigenvalue weighted by Gasteiger charge is 2.42. The van der Waals surface area contributed by atoms with Crippen LogP contribution in [-0.4, -0.2) is 31.1 Å². The summed E-state index contributed by atoms with van der Waals surface area (Å²) >= 11 is 6.00. The molecule has 0 amide bonds. The van der Waals surface area contributed by atoms with Crippen LogP contribution < -0.4 is 5.32 Å². The lowest BCUT2D eigenvalue weighted by atomic mass is 9.93. The smallest absolute Gasteiger partial charge is 0.0406 e. The van der Waals surface area contributed by atoms with Gasteiger partial charge in [-0.3, -0.25) is 4.90 Å². The molecule has 0 spiro atoms. The van der Waals surface area contributed by atoms with Crippen molar-refractivity contribution in [2.45, 2.75) is 31.3 Å². The molecule has 3 heteroatoms. The van der Waals surface area contributed by atoms with Crippen molar-refractivity contribution in [1.29, 1.82) is 0 Å². The summed E-state index contributed by atoms with van der Waals surface area (Å²) in [6.07, 6.45) is 4.08. The van der Waals surface area contributed by atoms with E-state index in [0.29, 0.717) is 6.04 Å². The molecule has 0 radical (unpaired) electrons. The Morgan fingerprint density at radius 3 is 2.56 bits per heavy atom. The van der Waals surface area contributed by atoms with Gasteiger partial charge in [-0.05, 0) is 63.0 Å². The Morgan fingerprint density at radius 2 is 1.94 bits per heavy atom. The Labute approximate surface area is 114 Å². The molecule has 1 aliphatic heterocycles. The molecule has 2 atom stereocenters. The highest BCUT2D eigenvalue weighted by molar-refractivity contribution is 6.30. The van der Waals surface area contributed by atoms with Crippen molar-refractivity contribution in [3.63, 3.8) is 0 Å². The molecular weight excluding hydrogens is 244 g/mol. The van der Waals surface area contributed by atoms with Crippen molar-refractivity contribution in [3.05, 3.63) is 34.9 Å². The zero-order valence-electron chi connectivity index (χ0n) is 10.9. The summed E-state index contributed by atoms with van der Waals surface area (Å²) in [5.74, 6) is 0.733. The van der Waals surface area contributed by atoms with Gasteiger partial charge in [0, 0.05) is 17.1 Å². The summed E-state index contributed by atoms with van der Waals surface area (Å²) in [6.45, 7) is 2.36. The zero-order valence-corrected chi connectivity index (χ0v) is 11.7. The predicted molar refractivity (Wildman–Crippen MR) is 76.0 cm³/mol. The van der Waals surface area contributed by atoms with Crippen LogP contribution in [-0.2, 0) is 0 Å². The fourth-order valence-corrected chi connectivity index (χ4v) is 3.42. The van der Waals surface area contributed by atoms with E-state index in [1.54, 1.807) is 0 Å². The molecular formula is C15H21ClN2. The van der Waals surface area contributed by atoms with Crippen LogP contribution in [0.15, 0.2) is 24.3 Å². The van der Waals surface area contributed by atoms with Crippen molar-refractivity contribution in [1.82, 2.24) is 10.2 Å². The topological polar surface area (TPSA) is 15.3 Å². The molecule has 1 N–H and O–H groups in total. The van der Waals surface area contributed by atoms with Gasteiger partial charge >= 0.3 is 0 Å². The molecule has 0 aromatic heterocycles.